The summed E-state index contributed by atoms with van der Waals surface area (Å²) in [5, 5.41) is -2.33. The van der Waals surface area contributed by atoms with Crippen molar-refractivity contribution >= 4 is 65.4 Å². The molecule has 238 valence electrons. The summed E-state index contributed by atoms with van der Waals surface area (Å²) in [5.41, 5.74) is -2.04. The number of fused-ring (bicyclic) bond motifs is 9. The summed E-state index contributed by atoms with van der Waals surface area (Å²) in [6.07, 6.45) is 0. The van der Waals surface area contributed by atoms with E-state index >= 15 is 0 Å². The third kappa shape index (κ3) is 4.12. The molecule has 11 aromatic rings. The predicted octanol–water partition coefficient (Wildman–Crippen LogP) is 12.6. The van der Waals surface area contributed by atoms with Crippen LogP contribution in [0.25, 0.3) is 93.6 Å². The van der Waals surface area contributed by atoms with E-state index in [-0.39, 0.29) is 27.5 Å². The Morgan fingerprint density at radius 2 is 0.706 bits per heavy atom. The van der Waals surface area contributed by atoms with Crippen molar-refractivity contribution in [3.8, 4) is 28.2 Å². The predicted molar refractivity (Wildman–Crippen MR) is 215 cm³/mol. The van der Waals surface area contributed by atoms with Crippen molar-refractivity contribution in [1.82, 2.24) is 13.7 Å². The van der Waals surface area contributed by atoms with Gasteiger partial charge in [0.05, 0.1) is 63.3 Å². The van der Waals surface area contributed by atoms with Crippen LogP contribution in [0.2, 0.25) is 0 Å². The quantitative estimate of drug-likeness (QED) is 0.177. The van der Waals surface area contributed by atoms with Gasteiger partial charge in [-0.3, -0.25) is 0 Å². The van der Waals surface area contributed by atoms with Crippen molar-refractivity contribution < 1.29 is 30.2 Å². The minimum atomic E-state index is -0.926. The number of benzene rings is 8. The Bertz CT molecular complexity index is 4320. The molecule has 0 saturated heterocycles. The molecule has 0 spiro atoms. The first-order valence-electron chi connectivity index (χ1n) is 26.7. The van der Waals surface area contributed by atoms with E-state index in [0.717, 1.165) is 14.7 Å². The molecule has 0 saturated carbocycles. The van der Waals surface area contributed by atoms with Gasteiger partial charge in [0.2, 0.25) is 0 Å². The molecule has 51 heavy (non-hydrogen) atoms. The Morgan fingerprint density at radius 1 is 0.314 bits per heavy atom. The monoisotopic (exact) mass is 671 g/mol. The van der Waals surface area contributed by atoms with Gasteiger partial charge in [-0.15, -0.1) is 0 Å². The van der Waals surface area contributed by atoms with Gasteiger partial charge < -0.3 is 13.7 Å². The van der Waals surface area contributed by atoms with Gasteiger partial charge in [-0.05, 0) is 83.7 Å². The number of nitrogens with zero attached hydrogens (tertiary/aromatic N) is 3. The van der Waals surface area contributed by atoms with Crippen LogP contribution < -0.4 is 0 Å². The summed E-state index contributed by atoms with van der Waals surface area (Å²) >= 11 is 0. The van der Waals surface area contributed by atoms with Crippen LogP contribution in [0.1, 0.15) is 30.2 Å². The van der Waals surface area contributed by atoms with Crippen LogP contribution in [0.5, 0.6) is 0 Å². The van der Waals surface area contributed by atoms with Gasteiger partial charge in [0.1, 0.15) is 0 Å². The Hall–Kier alpha value is -6.84. The van der Waals surface area contributed by atoms with Gasteiger partial charge in [-0.2, -0.15) is 0 Å². The molecule has 8 aromatic carbocycles. The zero-order valence-electron chi connectivity index (χ0n) is 48.0. The van der Waals surface area contributed by atoms with Crippen LogP contribution >= 0.6 is 0 Å². The first-order valence-corrected chi connectivity index (χ1v) is 15.7. The fourth-order valence-corrected chi connectivity index (χ4v) is 6.81. The molecule has 3 heterocycles. The molecule has 0 N–H and O–H groups in total. The van der Waals surface area contributed by atoms with E-state index in [1.807, 2.05) is 30.3 Å². The molecule has 0 atom stereocenters. The molecule has 0 radical (unpaired) electrons. The number of hydrogen-bond acceptors (Lipinski definition) is 0. The summed E-state index contributed by atoms with van der Waals surface area (Å²) in [6, 6.07) is -0.718. The second kappa shape index (κ2) is 10.8. The van der Waals surface area contributed by atoms with Crippen molar-refractivity contribution in [3.05, 3.63) is 188 Å². The van der Waals surface area contributed by atoms with Crippen LogP contribution in [0, 0.1) is 0 Å². The molecule has 0 amide bonds. The van der Waals surface area contributed by atoms with Crippen LogP contribution in [0.4, 0.5) is 0 Å². The Morgan fingerprint density at radius 3 is 1.20 bits per heavy atom. The summed E-state index contributed by atoms with van der Waals surface area (Å²) < 4.78 is 204. The third-order valence-electron chi connectivity index (χ3n) is 8.98. The molecule has 3 nitrogen and oxygen atoms in total. The van der Waals surface area contributed by atoms with Crippen LogP contribution in [-0.2, 0) is 0 Å². The number of hydrogen-bond donors (Lipinski definition) is 0. The maximum absolute atomic E-state index is 10.0. The van der Waals surface area contributed by atoms with Crippen LogP contribution in [-0.4, -0.2) is 13.7 Å². The van der Waals surface area contributed by atoms with Gasteiger partial charge in [0.15, 0.2) is 0 Å². The molecular formula is C48H31N3. The lowest BCUT2D eigenvalue weighted by Gasteiger charge is -2.12. The number of aromatic nitrogens is 3. The lowest BCUT2D eigenvalue weighted by molar-refractivity contribution is 1.16. The largest absolute Gasteiger partial charge is 0.309 e. The van der Waals surface area contributed by atoms with E-state index in [1.54, 1.807) is 24.3 Å². The van der Waals surface area contributed by atoms with Crippen LogP contribution in [0.3, 0.4) is 0 Å². The van der Waals surface area contributed by atoms with Crippen molar-refractivity contribution in [2.75, 3.05) is 0 Å². The second-order valence-electron chi connectivity index (χ2n) is 11.7. The summed E-state index contributed by atoms with van der Waals surface area (Å²) in [5.74, 6) is 0. The van der Waals surface area contributed by atoms with Gasteiger partial charge in [0.25, 0.3) is 0 Å². The van der Waals surface area contributed by atoms with Crippen molar-refractivity contribution in [1.29, 1.82) is 0 Å². The van der Waals surface area contributed by atoms with E-state index < -0.39 is 188 Å². The normalized spacial score (nSPS) is 18.0. The molecule has 0 bridgehead atoms. The number of para-hydroxylation sites is 4. The average Bonchev–Trinajstić information content (AvgIpc) is 4.05. The molecule has 0 aliphatic heterocycles. The topological polar surface area (TPSA) is 14.8 Å². The average molecular weight is 672 g/mol. The second-order valence-corrected chi connectivity index (χ2v) is 11.7. The van der Waals surface area contributed by atoms with Gasteiger partial charge in [0, 0.05) is 49.4 Å². The fourth-order valence-electron chi connectivity index (χ4n) is 6.81. The van der Waals surface area contributed by atoms with Gasteiger partial charge >= 0.3 is 0 Å². The zero-order chi connectivity index (χ0) is 52.6. The summed E-state index contributed by atoms with van der Waals surface area (Å²) in [7, 11) is 0. The lowest BCUT2D eigenvalue weighted by Crippen LogP contribution is -1.97. The maximum atomic E-state index is 10.0. The standard InChI is InChI=1S/C48H31N3/c1-2-13-32(14-3-1)33-15-12-16-34(29-33)49-45-23-10-6-19-39(45)41-31-36(26-27-47(41)49)51-46-24-11-7-20-40(46)42-30-35(25-28-48(42)51)50-43-21-8-4-17-37(43)38-18-5-9-22-44(38)50/h1-31H/i4D,5D,6D,7D,8D,9D,10D,11D,17D,18D,19D,20D,21D,22D,23D,24D,25D,26D,27D,28D,30D,31D. The highest BCUT2D eigenvalue weighted by molar-refractivity contribution is 6.14. The van der Waals surface area contributed by atoms with Gasteiger partial charge in [-0.1, -0.05) is 115 Å². The van der Waals surface area contributed by atoms with E-state index in [1.165, 1.54) is 4.57 Å². The van der Waals surface area contributed by atoms with Crippen molar-refractivity contribution in [3.63, 3.8) is 0 Å². The molecule has 0 fully saturated rings. The summed E-state index contributed by atoms with van der Waals surface area (Å²) in [4.78, 5) is 0. The fraction of sp³-hybridized carbons (Fsp3) is 0. The molecular weight excluding hydrogens is 619 g/mol. The van der Waals surface area contributed by atoms with Crippen molar-refractivity contribution in [2.24, 2.45) is 0 Å². The van der Waals surface area contributed by atoms with E-state index in [0.29, 0.717) is 5.56 Å². The van der Waals surface area contributed by atoms with E-state index in [9.17, 15) is 13.7 Å². The smallest absolute Gasteiger partial charge is 0.0652 e. The highest BCUT2D eigenvalue weighted by Gasteiger charge is 2.18. The maximum Gasteiger partial charge on any atom is 0.0652 e. The molecule has 0 aliphatic rings. The van der Waals surface area contributed by atoms with Crippen molar-refractivity contribution in [2.45, 2.75) is 0 Å². The first kappa shape index (κ1) is 14.2. The van der Waals surface area contributed by atoms with E-state index in [4.69, 9.17) is 16.4 Å². The Balaban J connectivity index is 1.36. The SMILES string of the molecule is [2H]c1c([2H])c([2H])c2c(c1[2H])c1c([2H])c(-n3c4c([2H])c([2H])c([2H])c([2H])c4c4c([2H])c(-n5c6c([2H])c([2H])c([2H])c([2H])c6c6c([2H])c([2H])c([2H])c([2H])c65)c([2H])c([2H])c43)c([2H])c([2H])c1n2-c1cccc(-c2ccccc2)c1. The van der Waals surface area contributed by atoms with Crippen LogP contribution in [0.15, 0.2) is 188 Å². The molecule has 3 aromatic heterocycles. The number of rotatable bonds is 4. The Kier molecular flexibility index (Phi) is 3.01. The minimum Gasteiger partial charge on any atom is -0.309 e. The first-order chi connectivity index (χ1) is 34.5. The third-order valence-corrected chi connectivity index (χ3v) is 8.98. The Labute approximate surface area is 325 Å². The molecule has 0 aliphatic carbocycles. The molecule has 3 heteroatoms. The lowest BCUT2D eigenvalue weighted by atomic mass is 10.1. The summed E-state index contributed by atoms with van der Waals surface area (Å²) in [6.45, 7) is 0. The molecule has 11 rings (SSSR count). The minimum absolute atomic E-state index is 0.163. The highest BCUT2D eigenvalue weighted by atomic mass is 15.0. The van der Waals surface area contributed by atoms with Gasteiger partial charge in [-0.25, -0.2) is 0 Å². The zero-order valence-corrected chi connectivity index (χ0v) is 26.0. The highest BCUT2D eigenvalue weighted by Crippen LogP contribution is 2.39. The van der Waals surface area contributed by atoms with E-state index in [2.05, 4.69) is 0 Å². The molecule has 0 unspecified atom stereocenters.